The molecule has 0 fully saturated rings. The van der Waals surface area contributed by atoms with Crippen LogP contribution in [0.4, 0.5) is 0 Å². The normalized spacial score (nSPS) is 10.0. The van der Waals surface area contributed by atoms with Crippen molar-refractivity contribution in [2.45, 2.75) is 0 Å². The van der Waals surface area contributed by atoms with Gasteiger partial charge >= 0.3 is 7.94 Å². The summed E-state index contributed by atoms with van der Waals surface area (Å²) in [5.74, 6) is 0. The van der Waals surface area contributed by atoms with Crippen molar-refractivity contribution in [2.75, 3.05) is 6.66 Å². The molecule has 0 aromatic rings. The van der Waals surface area contributed by atoms with Gasteiger partial charge in [0.15, 0.2) is 0 Å². The van der Waals surface area contributed by atoms with Crippen LogP contribution >= 0.6 is 7.94 Å². The first-order valence-electron chi connectivity index (χ1n) is 1.05. The van der Waals surface area contributed by atoms with E-state index in [9.17, 15) is 0 Å². The number of rotatable bonds is 0. The zero-order chi connectivity index (χ0) is 4.50. The minimum atomic E-state index is -3.39. The molecule has 0 radical (unpaired) electrons. The zero-order valence-corrected chi connectivity index (χ0v) is 7.36. The molecule has 0 rings (SSSR count). The van der Waals surface area contributed by atoms with Crippen LogP contribution in [0.1, 0.15) is 0 Å². The molecule has 0 amide bonds. The predicted molar refractivity (Wildman–Crippen MR) is 19.5 cm³/mol. The van der Waals surface area contributed by atoms with Crippen molar-refractivity contribution in [1.29, 1.82) is 0 Å². The van der Waals surface area contributed by atoms with Crippen molar-refractivity contribution in [3.05, 3.63) is 0 Å². The molecule has 6 heavy (non-hydrogen) atoms. The van der Waals surface area contributed by atoms with E-state index in [1.54, 1.807) is 0 Å². The minimum absolute atomic E-state index is 0. The first kappa shape index (κ1) is 10.0. The second-order valence-corrected chi connectivity index (χ2v) is 2.60. The van der Waals surface area contributed by atoms with Gasteiger partial charge in [0.2, 0.25) is 0 Å². The largest absolute Gasteiger partial charge is 0.400 e. The van der Waals surface area contributed by atoms with E-state index in [4.69, 9.17) is 14.7 Å². The Balaban J connectivity index is 0. The molecule has 3 N–H and O–H groups in total. The van der Waals surface area contributed by atoms with Gasteiger partial charge in [0.25, 0.3) is 0 Å². The third kappa shape index (κ3) is 87.6. The Morgan fingerprint density at radius 3 is 1.17 bits per heavy atom. The van der Waals surface area contributed by atoms with Crippen LogP contribution in [0.15, 0.2) is 0 Å². The van der Waals surface area contributed by atoms with Gasteiger partial charge in [-0.05, 0) is 0 Å². The molecule has 0 aliphatic heterocycles. The Labute approximate surface area is 49.3 Å². The maximum Gasteiger partial charge on any atom is 0.400 e. The topological polar surface area (TPSA) is 60.7 Å². The summed E-state index contributed by atoms with van der Waals surface area (Å²) in [7, 11) is -3.39. The SMILES string of the molecule is C[P+](O)(O)O.[Zn]. The molecule has 0 aliphatic rings. The second-order valence-electron chi connectivity index (χ2n) is 0.868. The minimum Gasteiger partial charge on any atom is -0.193 e. The monoisotopic (exact) mass is 161 g/mol. The van der Waals surface area contributed by atoms with Gasteiger partial charge in [-0.2, -0.15) is 14.7 Å². The fraction of sp³-hybridized carbons (Fsp3) is 1.00. The van der Waals surface area contributed by atoms with E-state index < -0.39 is 7.94 Å². The van der Waals surface area contributed by atoms with Crippen molar-refractivity contribution in [1.82, 2.24) is 0 Å². The maximum absolute atomic E-state index is 7.74. The van der Waals surface area contributed by atoms with E-state index in [0.29, 0.717) is 0 Å². The molecular weight excluding hydrogens is 156 g/mol. The number of hydrogen-bond acceptors (Lipinski definition) is 3. The van der Waals surface area contributed by atoms with Crippen molar-refractivity contribution < 1.29 is 34.2 Å². The summed E-state index contributed by atoms with van der Waals surface area (Å²) in [5.41, 5.74) is 0. The van der Waals surface area contributed by atoms with Gasteiger partial charge in [-0.25, -0.2) is 0 Å². The summed E-state index contributed by atoms with van der Waals surface area (Å²) in [6.45, 7) is 0.965. The van der Waals surface area contributed by atoms with Crippen molar-refractivity contribution in [3.63, 3.8) is 0 Å². The summed E-state index contributed by atoms with van der Waals surface area (Å²) < 4.78 is 0. The molecule has 0 spiro atoms. The van der Waals surface area contributed by atoms with Crippen molar-refractivity contribution in [2.24, 2.45) is 0 Å². The maximum atomic E-state index is 7.74. The smallest absolute Gasteiger partial charge is 0.193 e. The van der Waals surface area contributed by atoms with Gasteiger partial charge in [0.05, 0.1) is 0 Å². The van der Waals surface area contributed by atoms with E-state index in [0.717, 1.165) is 6.66 Å². The quantitative estimate of drug-likeness (QED) is 0.328. The van der Waals surface area contributed by atoms with E-state index in [-0.39, 0.29) is 19.5 Å². The molecule has 0 aromatic carbocycles. The Hall–Kier alpha value is 0.933. The summed E-state index contributed by atoms with van der Waals surface area (Å²) in [5, 5.41) is 0. The van der Waals surface area contributed by atoms with Crippen LogP contribution in [0.5, 0.6) is 0 Å². The molecular formula is CH6O3PZn+. The van der Waals surface area contributed by atoms with E-state index >= 15 is 0 Å². The Bertz CT molecular complexity index is 26.3. The van der Waals surface area contributed by atoms with Crippen LogP contribution in [-0.4, -0.2) is 21.3 Å². The van der Waals surface area contributed by atoms with Gasteiger partial charge in [0, 0.05) is 19.5 Å². The molecule has 0 aliphatic carbocycles. The Morgan fingerprint density at radius 1 is 1.17 bits per heavy atom. The van der Waals surface area contributed by atoms with Crippen LogP contribution in [0.25, 0.3) is 0 Å². The second kappa shape index (κ2) is 3.00. The summed E-state index contributed by atoms with van der Waals surface area (Å²) in [6, 6.07) is 0. The molecule has 0 atom stereocenters. The average molecular weight is 162 g/mol. The zero-order valence-electron chi connectivity index (χ0n) is 3.50. The van der Waals surface area contributed by atoms with Crippen LogP contribution < -0.4 is 0 Å². The predicted octanol–water partition coefficient (Wildman–Crippen LogP) is -0.647. The van der Waals surface area contributed by atoms with Crippen molar-refractivity contribution >= 4 is 7.94 Å². The van der Waals surface area contributed by atoms with Gasteiger partial charge in [-0.15, -0.1) is 0 Å². The fourth-order valence-electron chi connectivity index (χ4n) is 0. The third-order valence-corrected chi connectivity index (χ3v) is 0. The third-order valence-electron chi connectivity index (χ3n) is 0. The Kier molecular flexibility index (Phi) is 5.02. The van der Waals surface area contributed by atoms with E-state index in [1.165, 1.54) is 0 Å². The van der Waals surface area contributed by atoms with Crippen LogP contribution in [0, 0.1) is 0 Å². The van der Waals surface area contributed by atoms with Crippen LogP contribution in [-0.2, 0) is 19.5 Å². The molecule has 0 heterocycles. The molecule has 0 unspecified atom stereocenters. The van der Waals surface area contributed by atoms with Gasteiger partial charge < -0.3 is 0 Å². The molecule has 5 heteroatoms. The summed E-state index contributed by atoms with van der Waals surface area (Å²) in [6.07, 6.45) is 0. The van der Waals surface area contributed by atoms with Gasteiger partial charge in [-0.1, -0.05) is 0 Å². The standard InChI is InChI=1S/CH6O3P.Zn/c1-5(2,3)4;/h2-4H,1H3;/q+1;. The first-order valence-corrected chi connectivity index (χ1v) is 3.14. The van der Waals surface area contributed by atoms with E-state index in [1.807, 2.05) is 0 Å². The molecule has 0 aromatic heterocycles. The van der Waals surface area contributed by atoms with Crippen molar-refractivity contribution in [3.8, 4) is 0 Å². The molecule has 3 nitrogen and oxygen atoms in total. The molecule has 34 valence electrons. The van der Waals surface area contributed by atoms with Gasteiger partial charge in [-0.3, -0.25) is 0 Å². The average Bonchev–Trinajstić information content (AvgIpc) is 0.722. The summed E-state index contributed by atoms with van der Waals surface area (Å²) in [4.78, 5) is 23.2. The van der Waals surface area contributed by atoms with Crippen LogP contribution in [0.2, 0.25) is 0 Å². The number of hydrogen-bond donors (Lipinski definition) is 3. The van der Waals surface area contributed by atoms with Gasteiger partial charge in [0.1, 0.15) is 6.66 Å². The first-order chi connectivity index (χ1) is 2.00. The summed E-state index contributed by atoms with van der Waals surface area (Å²) >= 11 is 0. The molecule has 0 bridgehead atoms. The molecule has 0 saturated carbocycles. The Morgan fingerprint density at radius 2 is 1.17 bits per heavy atom. The van der Waals surface area contributed by atoms with E-state index in [2.05, 4.69) is 0 Å². The van der Waals surface area contributed by atoms with Crippen LogP contribution in [0.3, 0.4) is 0 Å². The fourth-order valence-corrected chi connectivity index (χ4v) is 0. The molecule has 0 saturated heterocycles.